The highest BCUT2D eigenvalue weighted by atomic mass is 32.2. The van der Waals surface area contributed by atoms with Crippen molar-refractivity contribution in [1.82, 2.24) is 0 Å². The number of benzene rings is 1. The molecule has 2 nitrogen and oxygen atoms in total. The number of halogens is 1. The van der Waals surface area contributed by atoms with E-state index in [1.54, 1.807) is 18.7 Å². The van der Waals surface area contributed by atoms with Crippen molar-refractivity contribution in [3.63, 3.8) is 0 Å². The molecule has 1 N–H and O–H groups in total. The summed E-state index contributed by atoms with van der Waals surface area (Å²) in [6, 6.07) is 8.43. The third-order valence-electron chi connectivity index (χ3n) is 4.13. The molecule has 1 aliphatic carbocycles. The Balaban J connectivity index is 0.000000597. The molecule has 0 aliphatic heterocycles. The van der Waals surface area contributed by atoms with Gasteiger partial charge in [0.2, 0.25) is 0 Å². The summed E-state index contributed by atoms with van der Waals surface area (Å²) in [5.74, 6) is -0.897. The molecule has 1 aliphatic rings. The molecular weight excluding hydrogens is 347 g/mol. The topological polar surface area (TPSA) is 37.3 Å². The predicted molar refractivity (Wildman–Crippen MR) is 110 cm³/mol. The third-order valence-corrected chi connectivity index (χ3v) is 4.87. The number of thioether (sulfide) groups is 1. The fourth-order valence-electron chi connectivity index (χ4n) is 2.52. The van der Waals surface area contributed by atoms with Crippen LogP contribution in [0.3, 0.4) is 0 Å². The lowest BCUT2D eigenvalue weighted by atomic mass is 9.99. The zero-order chi connectivity index (χ0) is 19.7. The SMILES string of the molecule is C/C=C(\C)F.CCC1=CC(CC(=O)O)=C(C)/C1=C/c1ccc(SC)cc1. The van der Waals surface area contributed by atoms with Crippen LogP contribution in [0.5, 0.6) is 0 Å². The fourth-order valence-corrected chi connectivity index (χ4v) is 2.93. The molecule has 0 atom stereocenters. The number of carboxylic acids is 1. The Kier molecular flexibility index (Phi) is 9.14. The van der Waals surface area contributed by atoms with Crippen molar-refractivity contribution in [2.45, 2.75) is 45.4 Å². The molecular formula is C22H27FO2S. The predicted octanol–water partition coefficient (Wildman–Crippen LogP) is 6.81. The highest BCUT2D eigenvalue weighted by Crippen LogP contribution is 2.35. The van der Waals surface area contributed by atoms with E-state index in [4.69, 9.17) is 5.11 Å². The van der Waals surface area contributed by atoms with Crippen molar-refractivity contribution < 1.29 is 14.3 Å². The Hall–Kier alpha value is -2.07. The van der Waals surface area contributed by atoms with Crippen molar-refractivity contribution in [2.75, 3.05) is 6.26 Å². The molecule has 2 rings (SSSR count). The quantitative estimate of drug-likeness (QED) is 0.575. The monoisotopic (exact) mass is 374 g/mol. The highest BCUT2D eigenvalue weighted by molar-refractivity contribution is 7.98. The number of carbonyl (C=O) groups is 1. The molecule has 140 valence electrons. The van der Waals surface area contributed by atoms with Gasteiger partial charge in [-0.15, -0.1) is 11.8 Å². The van der Waals surface area contributed by atoms with Gasteiger partial charge in [-0.1, -0.05) is 31.2 Å². The molecule has 0 bridgehead atoms. The first-order chi connectivity index (χ1) is 12.3. The van der Waals surface area contributed by atoms with Crippen molar-refractivity contribution in [3.05, 3.63) is 70.1 Å². The summed E-state index contributed by atoms with van der Waals surface area (Å²) in [5.41, 5.74) is 5.55. The summed E-state index contributed by atoms with van der Waals surface area (Å²) >= 11 is 1.73. The van der Waals surface area contributed by atoms with Crippen LogP contribution in [0.25, 0.3) is 6.08 Å². The number of aliphatic carboxylic acids is 1. The summed E-state index contributed by atoms with van der Waals surface area (Å²) < 4.78 is 11.3. The molecule has 4 heteroatoms. The minimum atomic E-state index is -0.776. The first-order valence-corrected chi connectivity index (χ1v) is 9.81. The van der Waals surface area contributed by atoms with Crippen LogP contribution >= 0.6 is 11.8 Å². The lowest BCUT2D eigenvalue weighted by Gasteiger charge is -2.07. The fraction of sp³-hybridized carbons (Fsp3) is 0.318. The maximum atomic E-state index is 11.3. The third kappa shape index (κ3) is 6.68. The Morgan fingerprint density at radius 3 is 2.27 bits per heavy atom. The largest absolute Gasteiger partial charge is 0.481 e. The van der Waals surface area contributed by atoms with E-state index in [-0.39, 0.29) is 12.2 Å². The van der Waals surface area contributed by atoms with Crippen LogP contribution in [0.4, 0.5) is 4.39 Å². The molecule has 0 fully saturated rings. The van der Waals surface area contributed by atoms with Crippen LogP contribution in [0.15, 0.2) is 69.4 Å². The Bertz CT molecular complexity index is 749. The number of carboxylic acid groups (broad SMARTS) is 1. The smallest absolute Gasteiger partial charge is 0.307 e. The van der Waals surface area contributed by atoms with E-state index in [2.05, 4.69) is 43.5 Å². The Labute approximate surface area is 160 Å². The highest BCUT2D eigenvalue weighted by Gasteiger charge is 2.19. The van der Waals surface area contributed by atoms with E-state index >= 15 is 0 Å². The van der Waals surface area contributed by atoms with Crippen LogP contribution in [0.1, 0.15) is 46.1 Å². The van der Waals surface area contributed by atoms with Gasteiger partial charge in [-0.3, -0.25) is 4.79 Å². The normalized spacial score (nSPS) is 15.7. The van der Waals surface area contributed by atoms with Crippen molar-refractivity contribution in [1.29, 1.82) is 0 Å². The van der Waals surface area contributed by atoms with Crippen LogP contribution in [0.2, 0.25) is 0 Å². The molecule has 0 radical (unpaired) electrons. The molecule has 0 heterocycles. The first-order valence-electron chi connectivity index (χ1n) is 8.59. The molecule has 1 aromatic rings. The van der Waals surface area contributed by atoms with Crippen LogP contribution in [-0.2, 0) is 4.79 Å². The summed E-state index contributed by atoms with van der Waals surface area (Å²) in [5, 5.41) is 9.00. The second kappa shape index (κ2) is 10.8. The molecule has 0 spiro atoms. The van der Waals surface area contributed by atoms with Crippen LogP contribution in [0, 0.1) is 0 Å². The standard InChI is InChI=1S/C18H20O2S.C4H7F/c1-4-14-10-15(11-18(19)20)12(2)17(14)9-13-5-7-16(21-3)8-6-13;1-3-4(2)5/h5-10H,4,11H2,1-3H3,(H,19,20);3H,1-2H3/b17-9-;4-3+. The molecule has 0 amide bonds. The minimum Gasteiger partial charge on any atom is -0.481 e. The summed E-state index contributed by atoms with van der Waals surface area (Å²) in [7, 11) is 0. The molecule has 1 aromatic carbocycles. The lowest BCUT2D eigenvalue weighted by molar-refractivity contribution is -0.136. The summed E-state index contributed by atoms with van der Waals surface area (Å²) in [4.78, 5) is 12.2. The average molecular weight is 375 g/mol. The second-order valence-electron chi connectivity index (χ2n) is 5.95. The van der Waals surface area contributed by atoms with E-state index in [0.29, 0.717) is 0 Å². The van der Waals surface area contributed by atoms with Gasteiger partial charge in [0.25, 0.3) is 0 Å². The number of hydrogen-bond donors (Lipinski definition) is 1. The average Bonchev–Trinajstić information content (AvgIpc) is 2.91. The molecule has 0 unspecified atom stereocenters. The van der Waals surface area contributed by atoms with Crippen LogP contribution in [-0.4, -0.2) is 17.3 Å². The van der Waals surface area contributed by atoms with Gasteiger partial charge < -0.3 is 5.11 Å². The zero-order valence-electron chi connectivity index (χ0n) is 16.1. The van der Waals surface area contributed by atoms with Crippen molar-refractivity contribution in [2.24, 2.45) is 0 Å². The van der Waals surface area contributed by atoms with Gasteiger partial charge in [-0.25, -0.2) is 4.39 Å². The van der Waals surface area contributed by atoms with Gasteiger partial charge in [0.15, 0.2) is 0 Å². The number of rotatable bonds is 5. The van der Waals surface area contributed by atoms with Crippen molar-refractivity contribution in [3.8, 4) is 0 Å². The van der Waals surface area contributed by atoms with E-state index in [9.17, 15) is 9.18 Å². The van der Waals surface area contributed by atoms with Gasteiger partial charge in [-0.05, 0) is 79.5 Å². The van der Waals surface area contributed by atoms with Gasteiger partial charge in [-0.2, -0.15) is 0 Å². The van der Waals surface area contributed by atoms with Crippen LogP contribution < -0.4 is 0 Å². The minimum absolute atomic E-state index is 0.0953. The second-order valence-corrected chi connectivity index (χ2v) is 6.83. The molecule has 0 aromatic heterocycles. The van der Waals surface area contributed by atoms with Crippen molar-refractivity contribution >= 4 is 23.8 Å². The Morgan fingerprint density at radius 1 is 1.27 bits per heavy atom. The Morgan fingerprint density at radius 2 is 1.85 bits per heavy atom. The van der Waals surface area contributed by atoms with E-state index in [0.717, 1.165) is 23.1 Å². The maximum absolute atomic E-state index is 11.3. The number of allylic oxidation sites excluding steroid dienone is 6. The van der Waals surface area contributed by atoms with E-state index in [1.165, 1.54) is 29.0 Å². The van der Waals surface area contributed by atoms with E-state index in [1.807, 2.05) is 13.0 Å². The lowest BCUT2D eigenvalue weighted by Crippen LogP contribution is -1.96. The maximum Gasteiger partial charge on any atom is 0.307 e. The zero-order valence-corrected chi connectivity index (χ0v) is 16.9. The number of hydrogen-bond acceptors (Lipinski definition) is 2. The van der Waals surface area contributed by atoms with Gasteiger partial charge >= 0.3 is 5.97 Å². The van der Waals surface area contributed by atoms with Gasteiger partial charge in [0.1, 0.15) is 0 Å². The molecule has 0 saturated heterocycles. The van der Waals surface area contributed by atoms with E-state index < -0.39 is 5.97 Å². The summed E-state index contributed by atoms with van der Waals surface area (Å²) in [6.07, 6.45) is 8.68. The molecule has 0 saturated carbocycles. The first kappa shape index (κ1) is 22.0. The summed E-state index contributed by atoms with van der Waals surface area (Å²) in [6.45, 7) is 7.20. The van der Waals surface area contributed by atoms with Gasteiger partial charge in [0.05, 0.1) is 12.2 Å². The van der Waals surface area contributed by atoms with Gasteiger partial charge in [0, 0.05) is 4.90 Å². The molecule has 26 heavy (non-hydrogen) atoms.